The average Bonchev–Trinajstić information content (AvgIpc) is 3.66. The molecule has 246 valence electrons. The van der Waals surface area contributed by atoms with Gasteiger partial charge in [0.05, 0.1) is 12.0 Å². The Morgan fingerprint density at radius 3 is 2.09 bits per heavy atom. The fourth-order valence-electron chi connectivity index (χ4n) is 5.69. The summed E-state index contributed by atoms with van der Waals surface area (Å²) in [6.07, 6.45) is 2.61. The number of amides is 2. The fraction of sp³-hybridized carbons (Fsp3) is 0.297. The maximum absolute atomic E-state index is 14.1. The topological polar surface area (TPSA) is 96.0 Å². The molecule has 0 radical (unpaired) electrons. The lowest BCUT2D eigenvalue weighted by atomic mass is 10.0. The van der Waals surface area contributed by atoms with E-state index in [1.807, 2.05) is 66.7 Å². The van der Waals surface area contributed by atoms with Crippen LogP contribution in [0.4, 0.5) is 0 Å². The van der Waals surface area contributed by atoms with E-state index in [-0.39, 0.29) is 29.7 Å². The van der Waals surface area contributed by atoms with Gasteiger partial charge in [-0.3, -0.25) is 9.59 Å². The molecule has 47 heavy (non-hydrogen) atoms. The molecule has 4 aromatic rings. The Kier molecular flexibility index (Phi) is 11.7. The van der Waals surface area contributed by atoms with Gasteiger partial charge in [-0.1, -0.05) is 78.3 Å². The summed E-state index contributed by atoms with van der Waals surface area (Å²) in [4.78, 5) is 29.9. The van der Waals surface area contributed by atoms with Gasteiger partial charge < -0.3 is 15.0 Å². The van der Waals surface area contributed by atoms with Crippen molar-refractivity contribution in [3.05, 3.63) is 130 Å². The molecule has 1 unspecified atom stereocenters. The number of aryl methyl sites for hydroxylation is 1. The van der Waals surface area contributed by atoms with E-state index in [0.717, 1.165) is 35.1 Å². The first-order valence-electron chi connectivity index (χ1n) is 15.8. The number of hydrogen-bond donors (Lipinski definition) is 1. The predicted molar refractivity (Wildman–Crippen MR) is 184 cm³/mol. The predicted octanol–water partition coefficient (Wildman–Crippen LogP) is 6.02. The second-order valence-corrected chi connectivity index (χ2v) is 14.0. The summed E-state index contributed by atoms with van der Waals surface area (Å²) in [7, 11) is -1.92. The SMILES string of the molecule is COc1ccc(CN(C(=O)CCc2ccc(S(=O)(=O)N3CCCC3)cc2)C(Cc2ccccc2)C(=O)NCc2ccc(Cl)cc2)cc1. The second kappa shape index (κ2) is 16.1. The van der Waals surface area contributed by atoms with Crippen molar-refractivity contribution in [2.75, 3.05) is 20.2 Å². The molecule has 8 nitrogen and oxygen atoms in total. The number of hydrogen-bond acceptors (Lipinski definition) is 5. The van der Waals surface area contributed by atoms with Gasteiger partial charge in [-0.15, -0.1) is 0 Å². The van der Waals surface area contributed by atoms with E-state index in [1.165, 1.54) is 4.31 Å². The van der Waals surface area contributed by atoms with Crippen LogP contribution in [0.25, 0.3) is 0 Å². The van der Waals surface area contributed by atoms with Crippen molar-refractivity contribution in [2.24, 2.45) is 0 Å². The molecule has 1 saturated heterocycles. The molecular formula is C37H40ClN3O5S. The van der Waals surface area contributed by atoms with Gasteiger partial charge in [0.25, 0.3) is 0 Å². The van der Waals surface area contributed by atoms with Gasteiger partial charge in [-0.05, 0) is 77.9 Å². The standard InChI is InChI=1S/C37H40ClN3O5S/c1-46-33-18-11-31(12-19-33)27-41(36(42)22-15-28-13-20-34(21-14-28)47(44,45)40-23-5-6-24-40)35(25-29-7-3-2-4-8-29)37(43)39-26-30-9-16-32(38)17-10-30/h2-4,7-14,16-21,35H,5-6,15,22-27H2,1H3,(H,39,43). The Morgan fingerprint density at radius 1 is 0.830 bits per heavy atom. The Morgan fingerprint density at radius 2 is 1.45 bits per heavy atom. The molecule has 1 aliphatic heterocycles. The van der Waals surface area contributed by atoms with E-state index in [4.69, 9.17) is 16.3 Å². The van der Waals surface area contributed by atoms with Crippen molar-refractivity contribution in [3.63, 3.8) is 0 Å². The van der Waals surface area contributed by atoms with E-state index < -0.39 is 16.1 Å². The zero-order valence-corrected chi connectivity index (χ0v) is 28.1. The monoisotopic (exact) mass is 673 g/mol. The highest BCUT2D eigenvalue weighted by Crippen LogP contribution is 2.23. The van der Waals surface area contributed by atoms with Gasteiger partial charge in [0.2, 0.25) is 21.8 Å². The van der Waals surface area contributed by atoms with Crippen molar-refractivity contribution in [1.82, 2.24) is 14.5 Å². The van der Waals surface area contributed by atoms with Crippen molar-refractivity contribution in [1.29, 1.82) is 0 Å². The number of rotatable bonds is 14. The molecule has 1 N–H and O–H groups in total. The number of nitrogens with one attached hydrogen (secondary N) is 1. The number of halogens is 1. The summed E-state index contributed by atoms with van der Waals surface area (Å²) in [5.74, 6) is 0.252. The molecular weight excluding hydrogens is 634 g/mol. The maximum Gasteiger partial charge on any atom is 0.243 e. The van der Waals surface area contributed by atoms with Crippen molar-refractivity contribution >= 4 is 33.4 Å². The summed E-state index contributed by atoms with van der Waals surface area (Å²) < 4.78 is 32.8. The van der Waals surface area contributed by atoms with E-state index in [2.05, 4.69) is 5.32 Å². The van der Waals surface area contributed by atoms with E-state index in [9.17, 15) is 18.0 Å². The highest BCUT2D eigenvalue weighted by Gasteiger charge is 2.31. The maximum atomic E-state index is 14.1. The van der Waals surface area contributed by atoms with E-state index in [1.54, 1.807) is 48.4 Å². The summed E-state index contributed by atoms with van der Waals surface area (Å²) in [6.45, 7) is 1.60. The first-order chi connectivity index (χ1) is 22.7. The highest BCUT2D eigenvalue weighted by atomic mass is 35.5. The summed E-state index contributed by atoms with van der Waals surface area (Å²) in [5.41, 5.74) is 3.53. The van der Waals surface area contributed by atoms with Gasteiger partial charge in [0.15, 0.2) is 0 Å². The molecule has 1 heterocycles. The lowest BCUT2D eigenvalue weighted by Gasteiger charge is -2.32. The molecule has 1 fully saturated rings. The Labute approximate surface area is 282 Å². The van der Waals surface area contributed by atoms with Crippen LogP contribution >= 0.6 is 11.6 Å². The summed E-state index contributed by atoms with van der Waals surface area (Å²) in [6, 6.07) is 30.4. The Hall–Kier alpha value is -4.18. The lowest BCUT2D eigenvalue weighted by molar-refractivity contribution is -0.141. The largest absolute Gasteiger partial charge is 0.497 e. The minimum atomic E-state index is -3.52. The zero-order chi connectivity index (χ0) is 33.2. The number of ether oxygens (including phenoxy) is 1. The lowest BCUT2D eigenvalue weighted by Crippen LogP contribution is -2.50. The number of sulfonamides is 1. The molecule has 0 aromatic heterocycles. The quantitative estimate of drug-likeness (QED) is 0.177. The van der Waals surface area contributed by atoms with Crippen molar-refractivity contribution in [2.45, 2.75) is 56.1 Å². The van der Waals surface area contributed by atoms with Gasteiger partial charge in [0.1, 0.15) is 11.8 Å². The minimum Gasteiger partial charge on any atom is -0.497 e. The Balaban J connectivity index is 1.37. The Bertz CT molecular complexity index is 1730. The van der Waals surface area contributed by atoms with E-state index in [0.29, 0.717) is 43.2 Å². The molecule has 0 aliphatic carbocycles. The molecule has 5 rings (SSSR count). The average molecular weight is 674 g/mol. The van der Waals surface area contributed by atoms with Gasteiger partial charge in [-0.25, -0.2) is 8.42 Å². The van der Waals surface area contributed by atoms with Crippen LogP contribution < -0.4 is 10.1 Å². The molecule has 1 atom stereocenters. The highest BCUT2D eigenvalue weighted by molar-refractivity contribution is 7.89. The normalized spacial score (nSPS) is 14.0. The van der Waals surface area contributed by atoms with Crippen LogP contribution in [0.5, 0.6) is 5.75 Å². The molecule has 0 saturated carbocycles. The molecule has 1 aliphatic rings. The van der Waals surface area contributed by atoms with Crippen LogP contribution in [0.2, 0.25) is 5.02 Å². The van der Waals surface area contributed by atoms with E-state index >= 15 is 0 Å². The van der Waals surface area contributed by atoms with Crippen LogP contribution in [0.15, 0.2) is 108 Å². The molecule has 2 amide bonds. The molecule has 0 bridgehead atoms. The first-order valence-corrected chi connectivity index (χ1v) is 17.6. The number of carbonyl (C=O) groups excluding carboxylic acids is 2. The third kappa shape index (κ3) is 9.22. The fourth-order valence-corrected chi connectivity index (χ4v) is 7.33. The smallest absolute Gasteiger partial charge is 0.243 e. The summed E-state index contributed by atoms with van der Waals surface area (Å²) >= 11 is 6.05. The third-order valence-corrected chi connectivity index (χ3v) is 10.6. The first kappa shape index (κ1) is 34.2. The molecule has 10 heteroatoms. The number of benzene rings is 4. The van der Waals surface area contributed by atoms with Crippen LogP contribution in [-0.2, 0) is 45.5 Å². The van der Waals surface area contributed by atoms with Crippen molar-refractivity contribution in [3.8, 4) is 5.75 Å². The van der Waals surface area contributed by atoms with Gasteiger partial charge in [0, 0.05) is 44.0 Å². The number of methoxy groups -OCH3 is 1. The van der Waals surface area contributed by atoms with Crippen molar-refractivity contribution < 1.29 is 22.7 Å². The molecule has 0 spiro atoms. The zero-order valence-electron chi connectivity index (χ0n) is 26.5. The minimum absolute atomic E-state index is 0.143. The second-order valence-electron chi connectivity index (χ2n) is 11.7. The van der Waals surface area contributed by atoms with Crippen LogP contribution in [0, 0.1) is 0 Å². The third-order valence-electron chi connectivity index (χ3n) is 8.42. The van der Waals surface area contributed by atoms with Crippen LogP contribution in [0.3, 0.4) is 0 Å². The van der Waals surface area contributed by atoms with Gasteiger partial charge >= 0.3 is 0 Å². The molecule has 4 aromatic carbocycles. The summed E-state index contributed by atoms with van der Waals surface area (Å²) in [5, 5.41) is 3.65. The van der Waals surface area contributed by atoms with Crippen LogP contribution in [-0.4, -0.2) is 55.7 Å². The van der Waals surface area contributed by atoms with Crippen LogP contribution in [0.1, 0.15) is 41.5 Å². The number of nitrogens with zero attached hydrogens (tertiary/aromatic N) is 2. The number of carbonyl (C=O) groups is 2. The van der Waals surface area contributed by atoms with Gasteiger partial charge in [-0.2, -0.15) is 4.31 Å².